The Morgan fingerprint density at radius 1 is 1.19 bits per heavy atom. The number of sulfonamides is 1. The summed E-state index contributed by atoms with van der Waals surface area (Å²) in [5.74, 6) is -1.36. The molecule has 1 saturated heterocycles. The Hall–Kier alpha value is -2.57. The van der Waals surface area contributed by atoms with Crippen LogP contribution < -0.4 is 10.2 Å². The smallest absolute Gasteiger partial charge is 0.252 e. The van der Waals surface area contributed by atoms with Gasteiger partial charge in [-0.1, -0.05) is 6.08 Å². The first-order valence-corrected chi connectivity index (χ1v) is 11.8. The molecule has 1 fully saturated rings. The average Bonchev–Trinajstić information content (AvgIpc) is 3.00. The van der Waals surface area contributed by atoms with Crippen LogP contribution >= 0.6 is 22.6 Å². The molecule has 162 valence electrons. The fourth-order valence-corrected chi connectivity index (χ4v) is 5.18. The van der Waals surface area contributed by atoms with Crippen LogP contribution in [-0.2, 0) is 24.4 Å². The zero-order valence-electron chi connectivity index (χ0n) is 16.6. The zero-order chi connectivity index (χ0) is 22.8. The predicted molar refractivity (Wildman–Crippen MR) is 125 cm³/mol. The van der Waals surface area contributed by atoms with Crippen LogP contribution in [0, 0.1) is 3.57 Å². The van der Waals surface area contributed by atoms with Gasteiger partial charge in [0.15, 0.2) is 0 Å². The normalized spacial score (nSPS) is 16.6. The molecule has 1 unspecified atom stereocenters. The van der Waals surface area contributed by atoms with Crippen molar-refractivity contribution in [2.45, 2.75) is 24.3 Å². The molecule has 3 amide bonds. The Bertz CT molecular complexity index is 1130. The Morgan fingerprint density at radius 3 is 2.35 bits per heavy atom. The number of halogens is 1. The molecule has 0 bridgehead atoms. The second-order valence-electron chi connectivity index (χ2n) is 6.83. The fourth-order valence-electron chi connectivity index (χ4n) is 3.27. The molecular weight excluding hydrogens is 533 g/mol. The van der Waals surface area contributed by atoms with Crippen molar-refractivity contribution in [3.8, 4) is 0 Å². The molecule has 0 saturated carbocycles. The van der Waals surface area contributed by atoms with Gasteiger partial charge in [0.25, 0.3) is 5.91 Å². The number of nitrogens with zero attached hydrogens (tertiary/aromatic N) is 2. The number of hydrogen-bond acceptors (Lipinski definition) is 5. The topological polar surface area (TPSA) is 104 Å². The highest BCUT2D eigenvalue weighted by molar-refractivity contribution is 14.1. The minimum Gasteiger partial charge on any atom is -0.326 e. The van der Waals surface area contributed by atoms with Gasteiger partial charge in [-0.3, -0.25) is 14.4 Å². The van der Waals surface area contributed by atoms with E-state index in [0.29, 0.717) is 11.4 Å². The summed E-state index contributed by atoms with van der Waals surface area (Å²) in [6.07, 6.45) is 1.11. The Labute approximate surface area is 194 Å². The lowest BCUT2D eigenvalue weighted by Gasteiger charge is -2.25. The molecule has 2 aromatic rings. The van der Waals surface area contributed by atoms with Crippen molar-refractivity contribution in [2.75, 3.05) is 16.8 Å². The van der Waals surface area contributed by atoms with Crippen molar-refractivity contribution in [2.24, 2.45) is 0 Å². The van der Waals surface area contributed by atoms with Crippen molar-refractivity contribution in [1.82, 2.24) is 4.31 Å². The van der Waals surface area contributed by atoms with E-state index >= 15 is 0 Å². The molecule has 2 aromatic carbocycles. The second kappa shape index (κ2) is 9.28. The van der Waals surface area contributed by atoms with Gasteiger partial charge >= 0.3 is 0 Å². The lowest BCUT2D eigenvalue weighted by Crippen LogP contribution is -2.45. The van der Waals surface area contributed by atoms with E-state index in [2.05, 4.69) is 34.5 Å². The van der Waals surface area contributed by atoms with Crippen molar-refractivity contribution in [1.29, 1.82) is 0 Å². The van der Waals surface area contributed by atoms with Crippen LogP contribution in [0.3, 0.4) is 0 Å². The fraction of sp³-hybridized carbons (Fsp3) is 0.190. The molecule has 3 rings (SSSR count). The lowest BCUT2D eigenvalue weighted by molar-refractivity contribution is -0.122. The van der Waals surface area contributed by atoms with Crippen LogP contribution in [0.15, 0.2) is 66.1 Å². The van der Waals surface area contributed by atoms with Crippen LogP contribution in [0.25, 0.3) is 0 Å². The van der Waals surface area contributed by atoms with E-state index in [1.165, 1.54) is 37.3 Å². The highest BCUT2D eigenvalue weighted by Gasteiger charge is 2.46. The predicted octanol–water partition coefficient (Wildman–Crippen LogP) is 2.76. The van der Waals surface area contributed by atoms with Gasteiger partial charge in [-0.2, -0.15) is 4.31 Å². The first-order valence-electron chi connectivity index (χ1n) is 9.28. The first-order chi connectivity index (χ1) is 14.6. The molecule has 1 aliphatic heterocycles. The van der Waals surface area contributed by atoms with Crippen LogP contribution in [-0.4, -0.2) is 43.0 Å². The summed E-state index contributed by atoms with van der Waals surface area (Å²) in [5, 5.41) is 2.56. The summed E-state index contributed by atoms with van der Waals surface area (Å²) in [5.41, 5.74) is 0.840. The second-order valence-corrected chi connectivity index (χ2v) is 9.97. The van der Waals surface area contributed by atoms with E-state index < -0.39 is 27.9 Å². The summed E-state index contributed by atoms with van der Waals surface area (Å²) >= 11 is 2.11. The molecule has 0 aromatic heterocycles. The maximum atomic E-state index is 13.3. The molecule has 0 radical (unpaired) electrons. The number of carbonyl (C=O) groups excluding carboxylic acids is 3. The summed E-state index contributed by atoms with van der Waals surface area (Å²) in [6, 6.07) is 11.2. The van der Waals surface area contributed by atoms with Gasteiger partial charge in [-0.15, -0.1) is 6.58 Å². The molecule has 0 spiro atoms. The largest absolute Gasteiger partial charge is 0.326 e. The van der Waals surface area contributed by atoms with Crippen molar-refractivity contribution in [3.63, 3.8) is 0 Å². The zero-order valence-corrected chi connectivity index (χ0v) is 19.6. The number of amides is 3. The molecule has 1 heterocycles. The molecule has 1 aliphatic rings. The monoisotopic (exact) mass is 553 g/mol. The summed E-state index contributed by atoms with van der Waals surface area (Å²) in [7, 11) is -4.11. The van der Waals surface area contributed by atoms with Crippen LogP contribution in [0.1, 0.15) is 13.3 Å². The Morgan fingerprint density at radius 2 is 1.81 bits per heavy atom. The third-order valence-corrected chi connectivity index (χ3v) is 7.25. The average molecular weight is 553 g/mol. The number of imide groups is 1. The van der Waals surface area contributed by atoms with E-state index in [1.54, 1.807) is 24.3 Å². The van der Waals surface area contributed by atoms with Gasteiger partial charge in [0.2, 0.25) is 21.8 Å². The van der Waals surface area contributed by atoms with Gasteiger partial charge in [0.1, 0.15) is 6.04 Å². The maximum absolute atomic E-state index is 13.3. The van der Waals surface area contributed by atoms with Gasteiger partial charge in [-0.25, -0.2) is 13.3 Å². The molecule has 1 atom stereocenters. The van der Waals surface area contributed by atoms with Gasteiger partial charge in [0.05, 0.1) is 17.0 Å². The van der Waals surface area contributed by atoms with Crippen molar-refractivity contribution >= 4 is 61.7 Å². The van der Waals surface area contributed by atoms with Gasteiger partial charge in [-0.05, 0) is 71.1 Å². The molecule has 31 heavy (non-hydrogen) atoms. The van der Waals surface area contributed by atoms with Gasteiger partial charge < -0.3 is 5.32 Å². The quantitative estimate of drug-likeness (QED) is 0.323. The summed E-state index contributed by atoms with van der Waals surface area (Å²) in [4.78, 5) is 37.8. The maximum Gasteiger partial charge on any atom is 0.252 e. The van der Waals surface area contributed by atoms with Crippen LogP contribution in [0.2, 0.25) is 0 Å². The van der Waals surface area contributed by atoms with Crippen LogP contribution in [0.4, 0.5) is 11.4 Å². The lowest BCUT2D eigenvalue weighted by atomic mass is 10.2. The highest BCUT2D eigenvalue weighted by Crippen LogP contribution is 2.30. The van der Waals surface area contributed by atoms with Crippen molar-refractivity contribution in [3.05, 3.63) is 64.8 Å². The van der Waals surface area contributed by atoms with E-state index in [-0.39, 0.29) is 23.8 Å². The number of benzene rings is 2. The summed E-state index contributed by atoms with van der Waals surface area (Å²) < 4.78 is 28.5. The Balaban J connectivity index is 1.93. The molecule has 10 heteroatoms. The molecule has 1 N–H and O–H groups in total. The number of rotatable bonds is 7. The minimum atomic E-state index is -4.11. The minimum absolute atomic E-state index is 0.0589. The SMILES string of the molecule is C=CCN(C1CC(=O)N(c2ccc(I)cc2)C1=O)S(=O)(=O)c1ccc(NC(C)=O)cc1. The summed E-state index contributed by atoms with van der Waals surface area (Å²) in [6.45, 7) is 4.80. The first kappa shape index (κ1) is 23.1. The Kier molecular flexibility index (Phi) is 6.92. The van der Waals surface area contributed by atoms with E-state index in [9.17, 15) is 22.8 Å². The standard InChI is InChI=1S/C21H20IN3O5S/c1-3-12-24(31(29,30)18-10-6-16(7-11-18)23-14(2)26)19-13-20(27)25(21(19)28)17-8-4-15(22)5-9-17/h3-11,19H,1,12-13H2,2H3,(H,23,26). The van der Waals surface area contributed by atoms with E-state index in [1.807, 2.05) is 0 Å². The number of hydrogen-bond donors (Lipinski definition) is 1. The van der Waals surface area contributed by atoms with Gasteiger partial charge in [0, 0.05) is 22.7 Å². The molecule has 0 aliphatic carbocycles. The highest BCUT2D eigenvalue weighted by atomic mass is 127. The number of carbonyl (C=O) groups is 3. The third kappa shape index (κ3) is 4.86. The van der Waals surface area contributed by atoms with E-state index in [0.717, 1.165) is 12.8 Å². The number of anilines is 2. The van der Waals surface area contributed by atoms with E-state index in [4.69, 9.17) is 0 Å². The molecule has 8 nitrogen and oxygen atoms in total. The van der Waals surface area contributed by atoms with Crippen LogP contribution in [0.5, 0.6) is 0 Å². The number of nitrogens with one attached hydrogen (secondary N) is 1. The third-order valence-electron chi connectivity index (χ3n) is 4.65. The van der Waals surface area contributed by atoms with Crippen molar-refractivity contribution < 1.29 is 22.8 Å². The molecular formula is C21H20IN3O5S.